The summed E-state index contributed by atoms with van der Waals surface area (Å²) in [6.07, 6.45) is 6.21. The Bertz CT molecular complexity index is 2130. The van der Waals surface area contributed by atoms with Crippen molar-refractivity contribution in [3.05, 3.63) is 95.1 Å². The SMILES string of the molecule is COC(=O)[C@H](CC(C)C)NC(=O)[C@H](Cc1ccccc1)NC(=O)CNC(=O)CNC(=O)[C@H](Cc1ccc(O)cc1)NC(=O)COc1ccc2c(c1)CC[C@@H]1[C@@H]2CC[C@]2(C)C(O)CC[C@@H]12. The summed E-state index contributed by atoms with van der Waals surface area (Å²) in [6, 6.07) is 18.0. The molecule has 1 unspecified atom stereocenters. The van der Waals surface area contributed by atoms with Gasteiger partial charge in [0.1, 0.15) is 29.6 Å². The lowest BCUT2D eigenvalue weighted by molar-refractivity contribution is -0.145. The first-order chi connectivity index (χ1) is 30.6. The zero-order valence-electron chi connectivity index (χ0n) is 37.2. The number of aliphatic hydroxyl groups is 1. The summed E-state index contributed by atoms with van der Waals surface area (Å²) in [5.41, 5.74) is 3.93. The Kier molecular flexibility index (Phi) is 16.0. The number of rotatable bonds is 19. The minimum absolute atomic E-state index is 0.000415. The van der Waals surface area contributed by atoms with E-state index >= 15 is 0 Å². The average molecular weight is 882 g/mol. The second-order valence-corrected chi connectivity index (χ2v) is 18.2. The van der Waals surface area contributed by atoms with Crippen LogP contribution in [0.25, 0.3) is 0 Å². The fourth-order valence-electron chi connectivity index (χ4n) is 10.0. The van der Waals surface area contributed by atoms with Crippen molar-refractivity contribution in [2.45, 2.75) is 109 Å². The van der Waals surface area contributed by atoms with Crippen molar-refractivity contribution in [2.24, 2.45) is 23.2 Å². The highest BCUT2D eigenvalue weighted by Crippen LogP contribution is 2.61. The number of aryl methyl sites for hydroxylation is 1. The topological polar surface area (TPSA) is 221 Å². The molecule has 3 aliphatic rings. The lowest BCUT2D eigenvalue weighted by Crippen LogP contribution is -2.54. The smallest absolute Gasteiger partial charge is 0.328 e. The third-order valence-electron chi connectivity index (χ3n) is 13.4. The van der Waals surface area contributed by atoms with Crippen LogP contribution in [0.2, 0.25) is 0 Å². The molecule has 0 aromatic heterocycles. The number of hydrogen-bond donors (Lipinski definition) is 7. The number of benzene rings is 3. The molecule has 15 nitrogen and oxygen atoms in total. The van der Waals surface area contributed by atoms with Gasteiger partial charge in [-0.25, -0.2) is 4.79 Å². The number of aromatic hydroxyl groups is 1. The van der Waals surface area contributed by atoms with Crippen molar-refractivity contribution in [1.29, 1.82) is 0 Å². The second-order valence-electron chi connectivity index (χ2n) is 18.2. The van der Waals surface area contributed by atoms with Crippen LogP contribution < -0.4 is 31.3 Å². The minimum atomic E-state index is -1.12. The maximum Gasteiger partial charge on any atom is 0.328 e. The normalized spacial score (nSPS) is 22.3. The Hall–Kier alpha value is -5.96. The quantitative estimate of drug-likeness (QED) is 0.0871. The molecule has 2 fully saturated rings. The summed E-state index contributed by atoms with van der Waals surface area (Å²) in [4.78, 5) is 78.6. The summed E-state index contributed by atoms with van der Waals surface area (Å²) in [5, 5.41) is 33.6. The number of methoxy groups -OCH3 is 1. The predicted octanol–water partition coefficient (Wildman–Crippen LogP) is 3.38. The number of fused-ring (bicyclic) bond motifs is 5. The Morgan fingerprint density at radius 3 is 2.12 bits per heavy atom. The van der Waals surface area contributed by atoms with Crippen LogP contribution >= 0.6 is 0 Å². The van der Waals surface area contributed by atoms with Gasteiger partial charge in [-0.05, 0) is 121 Å². The number of carbonyl (C=O) groups excluding carboxylic acids is 6. The number of hydrogen-bond acceptors (Lipinski definition) is 10. The summed E-state index contributed by atoms with van der Waals surface area (Å²) in [5.74, 6) is -1.64. The molecule has 5 amide bonds. The highest BCUT2D eigenvalue weighted by Gasteiger charge is 2.54. The van der Waals surface area contributed by atoms with Crippen LogP contribution in [0.4, 0.5) is 0 Å². The number of phenolic OH excluding ortho intramolecular Hbond substituents is 1. The van der Waals surface area contributed by atoms with Crippen molar-refractivity contribution >= 4 is 35.5 Å². The van der Waals surface area contributed by atoms with E-state index in [1.165, 1.54) is 30.4 Å². The zero-order chi connectivity index (χ0) is 46.0. The van der Waals surface area contributed by atoms with E-state index in [1.54, 1.807) is 36.4 Å². The van der Waals surface area contributed by atoms with Crippen molar-refractivity contribution in [3.63, 3.8) is 0 Å². The molecule has 2 saturated carbocycles. The highest BCUT2D eigenvalue weighted by atomic mass is 16.5. The predicted molar refractivity (Wildman–Crippen MR) is 238 cm³/mol. The van der Waals surface area contributed by atoms with E-state index in [9.17, 15) is 39.0 Å². The zero-order valence-corrected chi connectivity index (χ0v) is 37.2. The fourth-order valence-corrected chi connectivity index (χ4v) is 10.0. The molecule has 3 aliphatic carbocycles. The largest absolute Gasteiger partial charge is 0.508 e. The summed E-state index contributed by atoms with van der Waals surface area (Å²) < 4.78 is 10.8. The van der Waals surface area contributed by atoms with Crippen LogP contribution in [0.1, 0.15) is 87.5 Å². The number of nitrogens with one attached hydrogen (secondary N) is 5. The first-order valence-corrected chi connectivity index (χ1v) is 22.4. The van der Waals surface area contributed by atoms with Gasteiger partial charge in [0.25, 0.3) is 5.91 Å². The summed E-state index contributed by atoms with van der Waals surface area (Å²) in [6.45, 7) is 4.66. The standard InChI is InChI=1S/C49H63N5O10/c1-29(2)22-41(48(62)63-4)54-47(61)40(23-30-8-6-5-7-9-30)52-44(58)27-50-43(57)26-51-46(60)39(24-31-10-13-33(55)14-11-31)53-45(59)28-64-34-15-17-35-32(25-34)12-16-37-36(35)20-21-49(3)38(37)18-19-42(49)56/h5-11,13-15,17,25,29,36-42,55-56H,12,16,18-24,26-28H2,1-4H3,(H,50,57)(H,51,60)(H,52,58)(H,53,59)(H,54,61)/t36-,37-,38+,39+,40+,41+,42?,49+/m1/s1. The van der Waals surface area contributed by atoms with Gasteiger partial charge in [-0.1, -0.05) is 69.3 Å². The Morgan fingerprint density at radius 2 is 1.42 bits per heavy atom. The molecule has 3 aromatic carbocycles. The Labute approximate surface area is 374 Å². The Balaban J connectivity index is 1.01. The molecule has 0 bridgehead atoms. The van der Waals surface area contributed by atoms with E-state index in [2.05, 4.69) is 39.6 Å². The van der Waals surface area contributed by atoms with Crippen molar-refractivity contribution < 1.29 is 48.5 Å². The van der Waals surface area contributed by atoms with Crippen LogP contribution in [-0.4, -0.2) is 96.8 Å². The van der Waals surface area contributed by atoms with Gasteiger partial charge in [0.05, 0.1) is 26.3 Å². The molecular weight excluding hydrogens is 819 g/mol. The third-order valence-corrected chi connectivity index (χ3v) is 13.4. The molecular formula is C49H63N5O10. The first-order valence-electron chi connectivity index (χ1n) is 22.4. The van der Waals surface area contributed by atoms with Crippen LogP contribution in [0.5, 0.6) is 11.5 Å². The van der Waals surface area contributed by atoms with Crippen LogP contribution in [0, 0.1) is 23.2 Å². The average Bonchev–Trinajstić information content (AvgIpc) is 3.59. The molecule has 64 heavy (non-hydrogen) atoms. The van der Waals surface area contributed by atoms with Crippen molar-refractivity contribution in [1.82, 2.24) is 26.6 Å². The highest BCUT2D eigenvalue weighted by molar-refractivity contribution is 5.94. The van der Waals surface area contributed by atoms with Crippen molar-refractivity contribution in [3.8, 4) is 11.5 Å². The van der Waals surface area contributed by atoms with Gasteiger partial charge in [-0.15, -0.1) is 0 Å². The number of carbonyl (C=O) groups is 6. The Morgan fingerprint density at radius 1 is 0.750 bits per heavy atom. The number of ether oxygens (including phenoxy) is 2. The molecule has 6 rings (SSSR count). The molecule has 0 aliphatic heterocycles. The van der Waals surface area contributed by atoms with Crippen LogP contribution in [-0.2, 0) is 52.8 Å². The lowest BCUT2D eigenvalue weighted by atomic mass is 9.55. The minimum Gasteiger partial charge on any atom is -0.508 e. The number of amides is 5. The third kappa shape index (κ3) is 12.2. The molecule has 344 valence electrons. The summed E-state index contributed by atoms with van der Waals surface area (Å²) in [7, 11) is 1.23. The fraction of sp³-hybridized carbons (Fsp3) is 0.510. The van der Waals surface area contributed by atoms with Crippen LogP contribution in [0.15, 0.2) is 72.8 Å². The van der Waals surface area contributed by atoms with E-state index in [0.717, 1.165) is 44.1 Å². The van der Waals surface area contributed by atoms with E-state index < -0.39 is 66.7 Å². The number of phenols is 1. The molecule has 0 radical (unpaired) electrons. The first kappa shape index (κ1) is 47.5. The van der Waals surface area contributed by atoms with E-state index in [-0.39, 0.29) is 42.6 Å². The van der Waals surface area contributed by atoms with E-state index in [4.69, 9.17) is 9.47 Å². The maximum absolute atomic E-state index is 13.5. The number of aliphatic hydroxyl groups excluding tert-OH is 1. The lowest BCUT2D eigenvalue weighted by Gasteiger charge is -2.50. The van der Waals surface area contributed by atoms with Gasteiger partial charge in [-0.3, -0.25) is 24.0 Å². The molecule has 15 heteroatoms. The van der Waals surface area contributed by atoms with Crippen LogP contribution in [0.3, 0.4) is 0 Å². The maximum atomic E-state index is 13.5. The molecule has 7 N–H and O–H groups in total. The monoisotopic (exact) mass is 881 g/mol. The molecule has 3 aromatic rings. The second kappa shape index (κ2) is 21.6. The van der Waals surface area contributed by atoms with Gasteiger partial charge in [0.15, 0.2) is 6.61 Å². The molecule has 0 saturated heterocycles. The van der Waals surface area contributed by atoms with E-state index in [0.29, 0.717) is 35.5 Å². The van der Waals surface area contributed by atoms with Gasteiger partial charge in [-0.2, -0.15) is 0 Å². The van der Waals surface area contributed by atoms with E-state index in [1.807, 2.05) is 32.0 Å². The van der Waals surface area contributed by atoms with Gasteiger partial charge in [0.2, 0.25) is 23.6 Å². The molecule has 0 spiro atoms. The summed E-state index contributed by atoms with van der Waals surface area (Å²) >= 11 is 0. The number of esters is 1. The molecule has 0 heterocycles. The van der Waals surface area contributed by atoms with Gasteiger partial charge in [0, 0.05) is 12.8 Å². The molecule has 8 atom stereocenters. The van der Waals surface area contributed by atoms with Crippen molar-refractivity contribution in [2.75, 3.05) is 26.8 Å². The van der Waals surface area contributed by atoms with Gasteiger partial charge >= 0.3 is 5.97 Å². The van der Waals surface area contributed by atoms with Gasteiger partial charge < -0.3 is 46.3 Å².